The van der Waals surface area contributed by atoms with E-state index in [-0.39, 0.29) is 5.41 Å². The predicted molar refractivity (Wildman–Crippen MR) is 92.3 cm³/mol. The van der Waals surface area contributed by atoms with E-state index in [0.717, 1.165) is 18.6 Å². The molecule has 0 radical (unpaired) electrons. The highest BCUT2D eigenvalue weighted by atomic mass is 32.1. The van der Waals surface area contributed by atoms with Crippen LogP contribution in [0.25, 0.3) is 10.2 Å². The molecule has 1 aliphatic rings. The molecule has 2 heterocycles. The molecule has 2 unspecified atom stereocenters. The van der Waals surface area contributed by atoms with Crippen molar-refractivity contribution in [3.8, 4) is 0 Å². The Labute approximate surface area is 131 Å². The molecular formula is C17H25N3S. The number of piperazine rings is 1. The number of nitrogens with one attached hydrogen (secondary N) is 1. The molecule has 1 fully saturated rings. The second-order valence-corrected chi connectivity index (χ2v) is 7.93. The van der Waals surface area contributed by atoms with Gasteiger partial charge in [0.25, 0.3) is 0 Å². The molecule has 2 atom stereocenters. The highest BCUT2D eigenvalue weighted by Crippen LogP contribution is 2.30. The lowest BCUT2D eigenvalue weighted by Crippen LogP contribution is -2.60. The van der Waals surface area contributed by atoms with Crippen molar-refractivity contribution in [2.75, 3.05) is 18.0 Å². The summed E-state index contributed by atoms with van der Waals surface area (Å²) in [7, 11) is 0. The molecule has 1 saturated heterocycles. The van der Waals surface area contributed by atoms with Crippen LogP contribution in [-0.4, -0.2) is 30.2 Å². The summed E-state index contributed by atoms with van der Waals surface area (Å²) in [5.74, 6) is 0. The summed E-state index contributed by atoms with van der Waals surface area (Å²) in [5.41, 5.74) is 4.67. The van der Waals surface area contributed by atoms with E-state index < -0.39 is 0 Å². The molecule has 0 saturated carbocycles. The number of hydrogen-bond donors (Lipinski definition) is 1. The van der Waals surface area contributed by atoms with Crippen molar-refractivity contribution < 1.29 is 0 Å². The molecule has 3 nitrogen and oxygen atoms in total. The summed E-state index contributed by atoms with van der Waals surface area (Å²) in [6.07, 6.45) is 1.17. The van der Waals surface area contributed by atoms with E-state index in [1.165, 1.54) is 16.8 Å². The predicted octanol–water partition coefficient (Wildman–Crippen LogP) is 3.90. The maximum Gasteiger partial charge on any atom is 0.0813 e. The smallest absolute Gasteiger partial charge is 0.0813 e. The Balaban J connectivity index is 1.91. The maximum atomic E-state index is 4.39. The number of benzene rings is 1. The van der Waals surface area contributed by atoms with E-state index in [0.29, 0.717) is 12.1 Å². The van der Waals surface area contributed by atoms with Crippen LogP contribution in [0.15, 0.2) is 23.7 Å². The molecule has 1 aromatic heterocycles. The van der Waals surface area contributed by atoms with E-state index >= 15 is 0 Å². The van der Waals surface area contributed by atoms with Crippen molar-refractivity contribution in [3.05, 3.63) is 23.7 Å². The molecule has 114 valence electrons. The molecule has 4 heteroatoms. The number of anilines is 1. The van der Waals surface area contributed by atoms with E-state index in [2.05, 4.69) is 61.1 Å². The third-order valence-electron chi connectivity index (χ3n) is 4.58. The summed E-state index contributed by atoms with van der Waals surface area (Å²) in [4.78, 5) is 6.97. The molecule has 3 rings (SSSR count). The second-order valence-electron chi connectivity index (χ2n) is 7.05. The first-order valence-electron chi connectivity index (χ1n) is 7.82. The molecule has 1 N–H and O–H groups in total. The molecule has 1 aliphatic heterocycles. The fourth-order valence-corrected chi connectivity index (χ4v) is 3.79. The SMILES string of the molecule is CCC1CNC(C(C)(C)C)CN1c1ccc2ncsc2c1. The van der Waals surface area contributed by atoms with Gasteiger partial charge >= 0.3 is 0 Å². The van der Waals surface area contributed by atoms with Gasteiger partial charge in [0.1, 0.15) is 0 Å². The Kier molecular flexibility index (Phi) is 3.93. The van der Waals surface area contributed by atoms with Crippen LogP contribution in [-0.2, 0) is 0 Å². The van der Waals surface area contributed by atoms with Gasteiger partial charge in [0, 0.05) is 30.9 Å². The minimum Gasteiger partial charge on any atom is -0.366 e. The fraction of sp³-hybridized carbons (Fsp3) is 0.588. The third-order valence-corrected chi connectivity index (χ3v) is 5.37. The van der Waals surface area contributed by atoms with E-state index in [9.17, 15) is 0 Å². The van der Waals surface area contributed by atoms with Crippen LogP contribution in [0.1, 0.15) is 34.1 Å². The molecular weight excluding hydrogens is 278 g/mol. The Bertz CT molecular complexity index is 614. The average Bonchev–Trinajstić information content (AvgIpc) is 2.93. The molecule has 2 aromatic rings. The summed E-state index contributed by atoms with van der Waals surface area (Å²) in [6, 6.07) is 7.80. The average molecular weight is 303 g/mol. The number of thiazole rings is 1. The largest absolute Gasteiger partial charge is 0.366 e. The highest BCUT2D eigenvalue weighted by molar-refractivity contribution is 7.16. The third kappa shape index (κ3) is 2.92. The molecule has 0 amide bonds. The monoisotopic (exact) mass is 303 g/mol. The van der Waals surface area contributed by atoms with Gasteiger partial charge in [0.15, 0.2) is 0 Å². The molecule has 1 aromatic carbocycles. The summed E-state index contributed by atoms with van der Waals surface area (Å²) >= 11 is 1.73. The Morgan fingerprint density at radius 1 is 1.38 bits per heavy atom. The van der Waals surface area contributed by atoms with Crippen molar-refractivity contribution in [1.29, 1.82) is 0 Å². The van der Waals surface area contributed by atoms with Gasteiger partial charge < -0.3 is 10.2 Å². The van der Waals surface area contributed by atoms with Gasteiger partial charge in [-0.05, 0) is 30.0 Å². The van der Waals surface area contributed by atoms with E-state index in [1.807, 2.05) is 5.51 Å². The van der Waals surface area contributed by atoms with Crippen LogP contribution in [0.2, 0.25) is 0 Å². The Morgan fingerprint density at radius 3 is 2.90 bits per heavy atom. The lowest BCUT2D eigenvalue weighted by Gasteiger charge is -2.46. The van der Waals surface area contributed by atoms with Gasteiger partial charge in [-0.2, -0.15) is 0 Å². The van der Waals surface area contributed by atoms with Crippen molar-refractivity contribution in [1.82, 2.24) is 10.3 Å². The number of fused-ring (bicyclic) bond motifs is 1. The van der Waals surface area contributed by atoms with Gasteiger partial charge in [-0.15, -0.1) is 11.3 Å². The standard InChI is InChI=1S/C17H25N3S/c1-5-12-9-18-16(17(2,3)4)10-20(12)13-6-7-14-15(8-13)21-11-19-14/h6-8,11-12,16,18H,5,9-10H2,1-4H3. The van der Waals surface area contributed by atoms with Crippen LogP contribution in [0.3, 0.4) is 0 Å². The fourth-order valence-electron chi connectivity index (χ4n) is 3.08. The van der Waals surface area contributed by atoms with Crippen LogP contribution in [0, 0.1) is 5.41 Å². The quantitative estimate of drug-likeness (QED) is 0.912. The minimum absolute atomic E-state index is 0.283. The van der Waals surface area contributed by atoms with Crippen LogP contribution < -0.4 is 10.2 Å². The first kappa shape index (κ1) is 14.8. The van der Waals surface area contributed by atoms with E-state index in [4.69, 9.17) is 0 Å². The van der Waals surface area contributed by atoms with Crippen LogP contribution >= 0.6 is 11.3 Å². The van der Waals surface area contributed by atoms with Crippen molar-refractivity contribution >= 4 is 27.2 Å². The molecule has 0 aliphatic carbocycles. The number of nitrogens with zero attached hydrogens (tertiary/aromatic N) is 2. The van der Waals surface area contributed by atoms with Gasteiger partial charge in [0.05, 0.1) is 15.7 Å². The van der Waals surface area contributed by atoms with Gasteiger partial charge in [0.2, 0.25) is 0 Å². The molecule has 21 heavy (non-hydrogen) atoms. The zero-order valence-corrected chi connectivity index (χ0v) is 14.2. The number of hydrogen-bond acceptors (Lipinski definition) is 4. The van der Waals surface area contributed by atoms with Gasteiger partial charge in [-0.1, -0.05) is 27.7 Å². The summed E-state index contributed by atoms with van der Waals surface area (Å²) in [6.45, 7) is 11.4. The lowest BCUT2D eigenvalue weighted by molar-refractivity contribution is 0.234. The number of aromatic nitrogens is 1. The molecule has 0 spiro atoms. The normalized spacial score (nSPS) is 23.7. The summed E-state index contributed by atoms with van der Waals surface area (Å²) in [5, 5.41) is 3.74. The second kappa shape index (κ2) is 5.58. The Morgan fingerprint density at radius 2 is 2.19 bits per heavy atom. The topological polar surface area (TPSA) is 28.2 Å². The molecule has 0 bridgehead atoms. The lowest BCUT2D eigenvalue weighted by atomic mass is 9.84. The zero-order chi connectivity index (χ0) is 15.0. The minimum atomic E-state index is 0.283. The van der Waals surface area contributed by atoms with Crippen molar-refractivity contribution in [2.24, 2.45) is 5.41 Å². The first-order chi connectivity index (χ1) is 9.99. The number of rotatable bonds is 2. The van der Waals surface area contributed by atoms with Crippen LogP contribution in [0.5, 0.6) is 0 Å². The first-order valence-corrected chi connectivity index (χ1v) is 8.70. The van der Waals surface area contributed by atoms with Gasteiger partial charge in [-0.25, -0.2) is 4.98 Å². The highest BCUT2D eigenvalue weighted by Gasteiger charge is 2.33. The van der Waals surface area contributed by atoms with Crippen LogP contribution in [0.4, 0.5) is 5.69 Å². The van der Waals surface area contributed by atoms with E-state index in [1.54, 1.807) is 11.3 Å². The van der Waals surface area contributed by atoms with Gasteiger partial charge in [-0.3, -0.25) is 0 Å². The van der Waals surface area contributed by atoms with Crippen molar-refractivity contribution in [3.63, 3.8) is 0 Å². The maximum absolute atomic E-state index is 4.39. The zero-order valence-electron chi connectivity index (χ0n) is 13.4. The van der Waals surface area contributed by atoms with Crippen molar-refractivity contribution in [2.45, 2.75) is 46.2 Å². The summed E-state index contributed by atoms with van der Waals surface area (Å²) < 4.78 is 1.29. The Hall–Kier alpha value is -1.13.